The Labute approximate surface area is 295 Å². The summed E-state index contributed by atoms with van der Waals surface area (Å²) in [6.07, 6.45) is 33.8. The summed E-state index contributed by atoms with van der Waals surface area (Å²) in [7, 11) is -7.97. The third kappa shape index (κ3) is 46.9. The maximum Gasteiger partial charge on any atom is 0.266 e. The molecule has 0 rings (SSSR count). The van der Waals surface area contributed by atoms with Crippen molar-refractivity contribution < 1.29 is 35.5 Å². The number of amides is 2. The van der Waals surface area contributed by atoms with Crippen LogP contribution < -0.4 is 10.6 Å². The molecular weight excluding hydrogens is 653 g/mol. The molecule has 0 unspecified atom stereocenters. The summed E-state index contributed by atoms with van der Waals surface area (Å²) >= 11 is 0. The molecule has 4 N–H and O–H groups in total. The van der Waals surface area contributed by atoms with Crippen molar-refractivity contribution >= 4 is 32.1 Å². The maximum absolute atomic E-state index is 11.4. The summed E-state index contributed by atoms with van der Waals surface area (Å²) in [4.78, 5) is 22.9. The Morgan fingerprint density at radius 2 is 0.604 bits per heavy atom. The highest BCUT2D eigenvalue weighted by molar-refractivity contribution is 7.86. The van der Waals surface area contributed by atoms with Gasteiger partial charge >= 0.3 is 0 Å². The van der Waals surface area contributed by atoms with Crippen LogP contribution in [-0.4, -0.2) is 62.4 Å². The fourth-order valence-electron chi connectivity index (χ4n) is 5.42. The van der Waals surface area contributed by atoms with E-state index in [1.807, 2.05) is 0 Å². The second-order valence-corrected chi connectivity index (χ2v) is 16.4. The molecule has 0 heterocycles. The fraction of sp³-hybridized carbons (Fsp3) is 0.944. The lowest BCUT2D eigenvalue weighted by atomic mass is 10.0. The summed E-state index contributed by atoms with van der Waals surface area (Å²) in [6.45, 7) is 4.46. The molecule has 48 heavy (non-hydrogen) atoms. The third-order valence-corrected chi connectivity index (χ3v) is 9.82. The van der Waals surface area contributed by atoms with E-state index in [1.165, 1.54) is 128 Å². The molecule has 10 nitrogen and oxygen atoms in total. The monoisotopic (exact) mass is 726 g/mol. The van der Waals surface area contributed by atoms with Crippen LogP contribution in [0.25, 0.3) is 0 Å². The van der Waals surface area contributed by atoms with E-state index in [4.69, 9.17) is 9.11 Å². The van der Waals surface area contributed by atoms with Crippen LogP contribution >= 0.6 is 0 Å². The minimum absolute atomic E-state index is 0.0177. The van der Waals surface area contributed by atoms with Gasteiger partial charge in [0.25, 0.3) is 20.2 Å². The normalized spacial score (nSPS) is 11.6. The average molecular weight is 727 g/mol. The first kappa shape index (κ1) is 48.9. The predicted octanol–water partition coefficient (Wildman–Crippen LogP) is 8.94. The quantitative estimate of drug-likeness (QED) is 0.0377. The molecule has 0 aliphatic heterocycles. The number of nitrogens with one attached hydrogen (secondary N) is 2. The zero-order chi connectivity index (χ0) is 36.2. The van der Waals surface area contributed by atoms with E-state index in [0.29, 0.717) is 12.8 Å². The van der Waals surface area contributed by atoms with Crippen LogP contribution in [0.4, 0.5) is 0 Å². The molecule has 2 amide bonds. The summed E-state index contributed by atoms with van der Waals surface area (Å²) in [6, 6.07) is 0. The Balaban J connectivity index is 0. The Kier molecular flexibility index (Phi) is 36.2. The van der Waals surface area contributed by atoms with Gasteiger partial charge < -0.3 is 10.6 Å². The van der Waals surface area contributed by atoms with Crippen molar-refractivity contribution in [2.45, 2.75) is 194 Å². The Bertz CT molecular complexity index is 868. The average Bonchev–Trinajstić information content (AvgIpc) is 3.01. The lowest BCUT2D eigenvalue weighted by Crippen LogP contribution is -2.28. The van der Waals surface area contributed by atoms with Crippen LogP contribution in [0.1, 0.15) is 194 Å². The van der Waals surface area contributed by atoms with Crippen molar-refractivity contribution in [3.8, 4) is 0 Å². The minimum Gasteiger partial charge on any atom is -0.355 e. The molecule has 0 aliphatic rings. The number of carbonyl (C=O) groups is 2. The molecule has 0 aliphatic carbocycles. The zero-order valence-electron chi connectivity index (χ0n) is 30.8. The van der Waals surface area contributed by atoms with E-state index in [2.05, 4.69) is 24.5 Å². The molecule has 0 aromatic rings. The van der Waals surface area contributed by atoms with Crippen LogP contribution in [0.3, 0.4) is 0 Å². The zero-order valence-corrected chi connectivity index (χ0v) is 32.4. The van der Waals surface area contributed by atoms with Crippen LogP contribution in [0, 0.1) is 0 Å². The van der Waals surface area contributed by atoms with E-state index in [-0.39, 0.29) is 24.9 Å². The number of hydrogen-bond acceptors (Lipinski definition) is 6. The van der Waals surface area contributed by atoms with Crippen LogP contribution in [0.15, 0.2) is 0 Å². The van der Waals surface area contributed by atoms with Gasteiger partial charge in [-0.3, -0.25) is 18.7 Å². The molecule has 0 atom stereocenters. The molecule has 0 spiro atoms. The van der Waals surface area contributed by atoms with Crippen molar-refractivity contribution in [3.63, 3.8) is 0 Å². The van der Waals surface area contributed by atoms with Crippen LogP contribution in [-0.2, 0) is 29.8 Å². The summed E-state index contributed by atoms with van der Waals surface area (Å²) in [5, 5.41) is 5.01. The number of unbranched alkanes of at least 4 members (excludes halogenated alkanes) is 24. The van der Waals surface area contributed by atoms with Gasteiger partial charge in [0.15, 0.2) is 0 Å². The summed E-state index contributed by atoms with van der Waals surface area (Å²) in [5.74, 6) is -1.11. The lowest BCUT2D eigenvalue weighted by Gasteiger charge is -2.04. The lowest BCUT2D eigenvalue weighted by molar-refractivity contribution is -0.121. The van der Waals surface area contributed by atoms with Crippen molar-refractivity contribution in [2.24, 2.45) is 0 Å². The largest absolute Gasteiger partial charge is 0.355 e. The molecular formula is C36H74N2O8S2. The standard InChI is InChI=1S/2C18H37NO4S/c2*1-2-3-4-5-6-7-8-9-10-11-12-13-14-15-18(20)19-16-17-24(21,22)23/h2*2-17H2,1H3,(H,19,20)(H,21,22,23). The van der Waals surface area contributed by atoms with E-state index in [9.17, 15) is 26.4 Å². The van der Waals surface area contributed by atoms with E-state index in [0.717, 1.165) is 38.5 Å². The van der Waals surface area contributed by atoms with Gasteiger partial charge in [0.2, 0.25) is 11.8 Å². The van der Waals surface area contributed by atoms with Gasteiger partial charge in [0.05, 0.1) is 11.5 Å². The van der Waals surface area contributed by atoms with Gasteiger partial charge in [-0.15, -0.1) is 0 Å². The molecule has 12 heteroatoms. The van der Waals surface area contributed by atoms with E-state index < -0.39 is 31.7 Å². The predicted molar refractivity (Wildman–Crippen MR) is 199 cm³/mol. The Morgan fingerprint density at radius 1 is 0.396 bits per heavy atom. The van der Waals surface area contributed by atoms with Gasteiger partial charge in [0.1, 0.15) is 0 Å². The van der Waals surface area contributed by atoms with Crippen molar-refractivity contribution in [1.29, 1.82) is 0 Å². The highest BCUT2D eigenvalue weighted by Gasteiger charge is 2.07. The Hall–Kier alpha value is -1.24. The van der Waals surface area contributed by atoms with Crippen molar-refractivity contribution in [3.05, 3.63) is 0 Å². The molecule has 0 saturated heterocycles. The van der Waals surface area contributed by atoms with Gasteiger partial charge in [-0.1, -0.05) is 168 Å². The number of rotatable bonds is 34. The molecule has 0 aromatic carbocycles. The Morgan fingerprint density at radius 3 is 0.812 bits per heavy atom. The SMILES string of the molecule is CCCCCCCCCCCCCCCC(=O)NCCS(=O)(=O)O.CCCCCCCCCCCCCCCC(=O)NCCS(=O)(=O)O. The first-order chi connectivity index (χ1) is 22.9. The molecule has 288 valence electrons. The maximum atomic E-state index is 11.4. The first-order valence-corrected chi connectivity index (χ1v) is 22.6. The molecule has 0 bridgehead atoms. The highest BCUT2D eigenvalue weighted by atomic mass is 32.2. The van der Waals surface area contributed by atoms with Crippen LogP contribution in [0.2, 0.25) is 0 Å². The number of hydrogen-bond donors (Lipinski definition) is 4. The van der Waals surface area contributed by atoms with E-state index in [1.54, 1.807) is 0 Å². The van der Waals surface area contributed by atoms with Gasteiger partial charge in [-0.25, -0.2) is 0 Å². The second-order valence-electron chi connectivity index (χ2n) is 13.3. The molecule has 0 aromatic heterocycles. The molecule has 0 radical (unpaired) electrons. The molecule has 0 saturated carbocycles. The summed E-state index contributed by atoms with van der Waals surface area (Å²) < 4.78 is 59.1. The van der Waals surface area contributed by atoms with Crippen LogP contribution in [0.5, 0.6) is 0 Å². The fourth-order valence-corrected chi connectivity index (χ4v) is 6.14. The first-order valence-electron chi connectivity index (χ1n) is 19.3. The topological polar surface area (TPSA) is 167 Å². The highest BCUT2D eigenvalue weighted by Crippen LogP contribution is 2.14. The second kappa shape index (κ2) is 35.6. The van der Waals surface area contributed by atoms with Gasteiger partial charge in [-0.2, -0.15) is 16.8 Å². The van der Waals surface area contributed by atoms with Gasteiger partial charge in [-0.05, 0) is 12.8 Å². The molecule has 0 fully saturated rings. The third-order valence-electron chi connectivity index (χ3n) is 8.38. The van der Waals surface area contributed by atoms with E-state index >= 15 is 0 Å². The minimum atomic E-state index is -3.98. The number of carbonyl (C=O) groups excluding carboxylic acids is 2. The summed E-state index contributed by atoms with van der Waals surface area (Å²) in [5.41, 5.74) is 0. The van der Waals surface area contributed by atoms with Crippen molar-refractivity contribution in [2.75, 3.05) is 24.6 Å². The van der Waals surface area contributed by atoms with Crippen molar-refractivity contribution in [1.82, 2.24) is 10.6 Å². The van der Waals surface area contributed by atoms with Gasteiger partial charge in [0, 0.05) is 25.9 Å². The smallest absolute Gasteiger partial charge is 0.266 e.